The fourth-order valence-corrected chi connectivity index (χ4v) is 2.86. The molecule has 1 heteroatoms. The molecule has 1 aromatic rings. The van der Waals surface area contributed by atoms with E-state index in [1.807, 2.05) is 0 Å². The van der Waals surface area contributed by atoms with Gasteiger partial charge in [0.15, 0.2) is 0 Å². The molecular weight excluding hydrogens is 218 g/mol. The lowest BCUT2D eigenvalue weighted by Crippen LogP contribution is -2.46. The highest BCUT2D eigenvalue weighted by Gasteiger charge is 2.31. The van der Waals surface area contributed by atoms with Crippen LogP contribution in [0.3, 0.4) is 0 Å². The Bertz CT molecular complexity index is 338. The third kappa shape index (κ3) is 3.84. The van der Waals surface area contributed by atoms with E-state index in [9.17, 15) is 0 Å². The minimum absolute atomic E-state index is 0.642. The van der Waals surface area contributed by atoms with E-state index in [4.69, 9.17) is 0 Å². The van der Waals surface area contributed by atoms with E-state index in [0.29, 0.717) is 6.04 Å². The number of hydrogen-bond donors (Lipinski definition) is 1. The number of benzene rings is 1. The summed E-state index contributed by atoms with van der Waals surface area (Å²) >= 11 is 0. The Morgan fingerprint density at radius 2 is 1.78 bits per heavy atom. The largest absolute Gasteiger partial charge is 0.311 e. The first-order valence-corrected chi connectivity index (χ1v) is 7.45. The Kier molecular flexibility index (Phi) is 4.82. The molecule has 0 aliphatic heterocycles. The minimum Gasteiger partial charge on any atom is -0.311 e. The van der Waals surface area contributed by atoms with Crippen LogP contribution in [0.2, 0.25) is 0 Å². The zero-order valence-electron chi connectivity index (χ0n) is 12.0. The average molecular weight is 245 g/mol. The van der Waals surface area contributed by atoms with Crippen molar-refractivity contribution in [3.63, 3.8) is 0 Å². The molecule has 1 saturated carbocycles. The van der Waals surface area contributed by atoms with E-state index in [0.717, 1.165) is 17.9 Å². The second-order valence-corrected chi connectivity index (χ2v) is 6.26. The third-order valence-electron chi connectivity index (χ3n) is 4.35. The Labute approximate surface area is 112 Å². The topological polar surface area (TPSA) is 12.0 Å². The Morgan fingerprint density at radius 3 is 2.39 bits per heavy atom. The lowest BCUT2D eigenvalue weighted by molar-refractivity contribution is 0.158. The summed E-state index contributed by atoms with van der Waals surface area (Å²) in [6.07, 6.45) is 5.20. The third-order valence-corrected chi connectivity index (χ3v) is 4.35. The zero-order valence-corrected chi connectivity index (χ0v) is 12.0. The highest BCUT2D eigenvalue weighted by Crippen LogP contribution is 2.33. The highest BCUT2D eigenvalue weighted by molar-refractivity contribution is 5.14. The van der Waals surface area contributed by atoms with Crippen molar-refractivity contribution in [2.24, 2.45) is 11.8 Å². The lowest BCUT2D eigenvalue weighted by atomic mass is 9.73. The van der Waals surface area contributed by atoms with Crippen molar-refractivity contribution in [1.82, 2.24) is 5.32 Å². The molecule has 0 saturated heterocycles. The van der Waals surface area contributed by atoms with Crippen molar-refractivity contribution in [2.45, 2.75) is 58.5 Å². The molecule has 0 radical (unpaired) electrons. The molecule has 0 amide bonds. The second kappa shape index (κ2) is 6.38. The van der Waals surface area contributed by atoms with Crippen LogP contribution in [0.25, 0.3) is 0 Å². The molecule has 2 rings (SSSR count). The van der Waals surface area contributed by atoms with Gasteiger partial charge in [-0.2, -0.15) is 0 Å². The quantitative estimate of drug-likeness (QED) is 0.798. The molecule has 1 nitrogen and oxygen atoms in total. The van der Waals surface area contributed by atoms with Crippen LogP contribution in [-0.2, 0) is 6.42 Å². The number of aryl methyl sites for hydroxylation is 1. The van der Waals surface area contributed by atoms with Gasteiger partial charge in [0.05, 0.1) is 0 Å². The van der Waals surface area contributed by atoms with Crippen molar-refractivity contribution >= 4 is 0 Å². The van der Waals surface area contributed by atoms with E-state index in [2.05, 4.69) is 56.4 Å². The SMILES string of the molecule is CC(CCc1ccccc1)NC1CC(C(C)C)C1. The van der Waals surface area contributed by atoms with Gasteiger partial charge in [0.1, 0.15) is 0 Å². The molecular formula is C17H27N. The van der Waals surface area contributed by atoms with Crippen molar-refractivity contribution in [2.75, 3.05) is 0 Å². The highest BCUT2D eigenvalue weighted by atomic mass is 15.0. The van der Waals surface area contributed by atoms with Crippen molar-refractivity contribution < 1.29 is 0 Å². The fraction of sp³-hybridized carbons (Fsp3) is 0.647. The van der Waals surface area contributed by atoms with Crippen LogP contribution in [0, 0.1) is 11.8 Å². The van der Waals surface area contributed by atoms with E-state index in [-0.39, 0.29) is 0 Å². The predicted octanol–water partition coefficient (Wildman–Crippen LogP) is 4.03. The summed E-state index contributed by atoms with van der Waals surface area (Å²) in [7, 11) is 0. The molecule has 1 unspecified atom stereocenters. The molecule has 100 valence electrons. The van der Waals surface area contributed by atoms with Gasteiger partial charge in [-0.25, -0.2) is 0 Å². The van der Waals surface area contributed by atoms with Crippen LogP contribution in [-0.4, -0.2) is 12.1 Å². The minimum atomic E-state index is 0.642. The Balaban J connectivity index is 1.63. The standard InChI is InChI=1S/C17H27N/c1-13(2)16-11-17(12-16)18-14(3)9-10-15-7-5-4-6-8-15/h4-8,13-14,16-18H,9-12H2,1-3H3. The number of nitrogens with one attached hydrogen (secondary N) is 1. The summed E-state index contributed by atoms with van der Waals surface area (Å²) in [5.74, 6) is 1.83. The van der Waals surface area contributed by atoms with E-state index < -0.39 is 0 Å². The van der Waals surface area contributed by atoms with Gasteiger partial charge in [0.2, 0.25) is 0 Å². The molecule has 1 aliphatic carbocycles. The van der Waals surface area contributed by atoms with Crippen molar-refractivity contribution in [3.05, 3.63) is 35.9 Å². The van der Waals surface area contributed by atoms with E-state index in [1.54, 1.807) is 0 Å². The van der Waals surface area contributed by atoms with Crippen LogP contribution < -0.4 is 5.32 Å². The van der Waals surface area contributed by atoms with Crippen molar-refractivity contribution in [3.8, 4) is 0 Å². The van der Waals surface area contributed by atoms with Crippen molar-refractivity contribution in [1.29, 1.82) is 0 Å². The molecule has 1 aromatic carbocycles. The molecule has 0 heterocycles. The Hall–Kier alpha value is -0.820. The summed E-state index contributed by atoms with van der Waals surface area (Å²) in [6.45, 7) is 7.02. The molecule has 0 aromatic heterocycles. The molecule has 0 bridgehead atoms. The first-order chi connectivity index (χ1) is 8.65. The maximum absolute atomic E-state index is 3.77. The zero-order chi connectivity index (χ0) is 13.0. The fourth-order valence-electron chi connectivity index (χ4n) is 2.86. The van der Waals surface area contributed by atoms with Gasteiger partial charge in [-0.1, -0.05) is 44.2 Å². The summed E-state index contributed by atoms with van der Waals surface area (Å²) < 4.78 is 0. The second-order valence-electron chi connectivity index (χ2n) is 6.26. The monoisotopic (exact) mass is 245 g/mol. The Morgan fingerprint density at radius 1 is 1.11 bits per heavy atom. The predicted molar refractivity (Wildman–Crippen MR) is 78.7 cm³/mol. The summed E-state index contributed by atoms with van der Waals surface area (Å²) in [6, 6.07) is 12.2. The van der Waals surface area contributed by atoms with Crippen LogP contribution in [0.1, 0.15) is 45.6 Å². The molecule has 1 fully saturated rings. The van der Waals surface area contributed by atoms with Gasteiger partial charge in [-0.05, 0) is 50.0 Å². The maximum Gasteiger partial charge on any atom is 0.00750 e. The summed E-state index contributed by atoms with van der Waals surface area (Å²) in [4.78, 5) is 0. The van der Waals surface area contributed by atoms with Gasteiger partial charge < -0.3 is 5.32 Å². The van der Waals surface area contributed by atoms with Gasteiger partial charge in [0.25, 0.3) is 0 Å². The van der Waals surface area contributed by atoms with Gasteiger partial charge in [0, 0.05) is 12.1 Å². The number of hydrogen-bond acceptors (Lipinski definition) is 1. The molecule has 0 spiro atoms. The summed E-state index contributed by atoms with van der Waals surface area (Å²) in [5.41, 5.74) is 1.46. The van der Waals surface area contributed by atoms with Gasteiger partial charge in [-0.15, -0.1) is 0 Å². The smallest absolute Gasteiger partial charge is 0.00750 e. The molecule has 1 aliphatic rings. The van der Waals surface area contributed by atoms with Crippen LogP contribution in [0.4, 0.5) is 0 Å². The average Bonchev–Trinajstić information content (AvgIpc) is 2.31. The van der Waals surface area contributed by atoms with Crippen LogP contribution in [0.5, 0.6) is 0 Å². The molecule has 1 N–H and O–H groups in total. The lowest BCUT2D eigenvalue weighted by Gasteiger charge is -2.40. The van der Waals surface area contributed by atoms with Gasteiger partial charge in [-0.3, -0.25) is 0 Å². The normalized spacial score (nSPS) is 24.9. The molecule has 18 heavy (non-hydrogen) atoms. The summed E-state index contributed by atoms with van der Waals surface area (Å²) in [5, 5.41) is 3.77. The maximum atomic E-state index is 3.77. The first-order valence-electron chi connectivity index (χ1n) is 7.45. The number of rotatable bonds is 6. The first kappa shape index (κ1) is 13.6. The van der Waals surface area contributed by atoms with E-state index >= 15 is 0 Å². The van der Waals surface area contributed by atoms with Crippen LogP contribution >= 0.6 is 0 Å². The van der Waals surface area contributed by atoms with E-state index in [1.165, 1.54) is 31.2 Å². The molecule has 1 atom stereocenters. The van der Waals surface area contributed by atoms with Crippen LogP contribution in [0.15, 0.2) is 30.3 Å². The van der Waals surface area contributed by atoms with Gasteiger partial charge >= 0.3 is 0 Å².